The van der Waals surface area contributed by atoms with Crippen molar-refractivity contribution in [3.05, 3.63) is 0 Å². The third kappa shape index (κ3) is 66.9. The first-order valence-corrected chi connectivity index (χ1v) is 0. The molecule has 0 aromatic heterocycles. The zero-order chi connectivity index (χ0) is 0. The molecule has 0 aliphatic rings. The predicted molar refractivity (Wildman–Crippen MR) is 18.5 cm³/mol. The maximum absolute atomic E-state index is 0. The topological polar surface area (TPSA) is 124 Å². The summed E-state index contributed by atoms with van der Waals surface area (Å²) < 4.78 is 0. The van der Waals surface area contributed by atoms with Crippen LogP contribution in [0.4, 0.5) is 0 Å². The average Bonchev–Trinajstić information content (AvgIpc) is 0. The van der Waals surface area contributed by atoms with Gasteiger partial charge in [0, 0.05) is 40.9 Å². The van der Waals surface area contributed by atoms with E-state index < -0.39 is 0 Å². The van der Waals surface area contributed by atoms with Gasteiger partial charge in [-0.3, -0.25) is 0 Å². The molecule has 0 saturated carbocycles. The second-order valence-corrected chi connectivity index (χ2v) is 0. The van der Waals surface area contributed by atoms with Crippen molar-refractivity contribution in [2.24, 2.45) is 0 Å². The Bertz CT molecular complexity index is 7.51. The minimum Gasteiger partial charge on any atom is -0.870 e. The Balaban J connectivity index is 0. The van der Waals surface area contributed by atoms with Crippen LogP contribution in [0.15, 0.2) is 0 Å². The van der Waals surface area contributed by atoms with Crippen LogP contribution in [-0.2, 0) is 16.5 Å². The van der Waals surface area contributed by atoms with Crippen molar-refractivity contribution in [3.8, 4) is 0 Å². The number of rotatable bonds is 0. The molecule has 0 bridgehead atoms. The maximum atomic E-state index is 0. The quantitative estimate of drug-likeness (QED) is 0.417. The Hall–Kier alpha value is 1.15. The first-order valence-electron chi connectivity index (χ1n) is 0. The van der Waals surface area contributed by atoms with Gasteiger partial charge in [-0.2, -0.15) is 0 Å². The summed E-state index contributed by atoms with van der Waals surface area (Å²) in [5, 5.41) is 0. The zero-order valence-electron chi connectivity index (χ0n) is 2.71. The van der Waals surface area contributed by atoms with E-state index in [1.807, 2.05) is 0 Å². The normalized spacial score (nSPS) is 0. The third-order valence-electron chi connectivity index (χ3n) is 0. The van der Waals surface area contributed by atoms with E-state index in [0.717, 1.165) is 0 Å². The molecule has 0 rings (SSSR count). The molecule has 6 heavy (non-hydrogen) atoms. The zero-order valence-corrected chi connectivity index (χ0v) is 6.25. The molecule has 0 amide bonds. The summed E-state index contributed by atoms with van der Waals surface area (Å²) in [6, 6.07) is 0. The molecule has 0 aliphatic carbocycles. The molecule has 0 aliphatic heterocycles. The second-order valence-electron chi connectivity index (χ2n) is 0. The van der Waals surface area contributed by atoms with Crippen molar-refractivity contribution in [1.29, 1.82) is 0 Å². The molecule has 0 aromatic carbocycles. The van der Waals surface area contributed by atoms with E-state index in [1.165, 1.54) is 0 Å². The van der Waals surface area contributed by atoms with Crippen LogP contribution in [0, 0.1) is 0 Å². The first kappa shape index (κ1) is 204. The fraction of sp³-hybridized carbons (Fsp3) is 0. The molecule has 7 N–H and O–H groups in total. The monoisotopic (exact) mass is 250 g/mol. The molecule has 47 valence electrons. The van der Waals surface area contributed by atoms with E-state index in [0.29, 0.717) is 0 Å². The SMILES string of the molecule is O.O.O.[Ni].[OH-].[Sb]. The number of hydrogen-bond acceptors (Lipinski definition) is 1. The third-order valence-corrected chi connectivity index (χ3v) is 0. The van der Waals surface area contributed by atoms with Crippen LogP contribution in [0.1, 0.15) is 0 Å². The first-order chi connectivity index (χ1) is 0. The molecule has 0 atom stereocenters. The average molecular weight is 252 g/mol. The second kappa shape index (κ2) is 123. The molecule has 0 spiro atoms. The fourth-order valence-electron chi connectivity index (χ4n) is 0. The smallest absolute Gasteiger partial charge is 0 e. The standard InChI is InChI=1S/Ni.4H2O.Sb/h;4*1H2;/p-1. The minimum atomic E-state index is 0. The molecule has 0 saturated heterocycles. The molecule has 3 radical (unpaired) electrons. The van der Waals surface area contributed by atoms with E-state index in [4.69, 9.17) is 0 Å². The summed E-state index contributed by atoms with van der Waals surface area (Å²) in [5.41, 5.74) is 0. The summed E-state index contributed by atoms with van der Waals surface area (Å²) in [5.74, 6) is 0. The molecular weight excluding hydrogens is 244 g/mol. The van der Waals surface area contributed by atoms with Gasteiger partial charge in [-0.25, -0.2) is 0 Å². The molecule has 4 nitrogen and oxygen atoms in total. The number of hydrogen-bond donors (Lipinski definition) is 0. The van der Waals surface area contributed by atoms with Gasteiger partial charge in [0.05, 0.1) is 0 Å². The molecule has 0 heterocycles. The van der Waals surface area contributed by atoms with Gasteiger partial charge in [0.15, 0.2) is 0 Å². The Kier molecular flexibility index (Phi) is 4190. The summed E-state index contributed by atoms with van der Waals surface area (Å²) >= 11 is 0. The van der Waals surface area contributed by atoms with Crippen molar-refractivity contribution in [2.75, 3.05) is 0 Å². The van der Waals surface area contributed by atoms with Crippen molar-refractivity contribution in [1.82, 2.24) is 0 Å². The minimum absolute atomic E-state index is 0. The van der Waals surface area contributed by atoms with Crippen LogP contribution >= 0.6 is 0 Å². The van der Waals surface area contributed by atoms with Crippen LogP contribution in [-0.4, -0.2) is 46.3 Å². The van der Waals surface area contributed by atoms with Gasteiger partial charge in [0.1, 0.15) is 0 Å². The van der Waals surface area contributed by atoms with Crippen molar-refractivity contribution in [2.45, 2.75) is 0 Å². The van der Waals surface area contributed by atoms with Gasteiger partial charge >= 0.3 is 0 Å². The van der Waals surface area contributed by atoms with E-state index >= 15 is 0 Å². The van der Waals surface area contributed by atoms with E-state index in [-0.39, 0.29) is 62.8 Å². The van der Waals surface area contributed by atoms with Gasteiger partial charge in [-0.05, 0) is 0 Å². The maximum Gasteiger partial charge on any atom is 0 e. The van der Waals surface area contributed by atoms with Gasteiger partial charge in [-0.1, -0.05) is 0 Å². The summed E-state index contributed by atoms with van der Waals surface area (Å²) in [7, 11) is 0. The Morgan fingerprint density at radius 3 is 0.667 bits per heavy atom. The molecule has 6 heteroatoms. The van der Waals surface area contributed by atoms with Crippen molar-refractivity contribution in [3.63, 3.8) is 0 Å². The van der Waals surface area contributed by atoms with Crippen LogP contribution in [0.25, 0.3) is 0 Å². The van der Waals surface area contributed by atoms with E-state index in [1.54, 1.807) is 0 Å². The summed E-state index contributed by atoms with van der Waals surface area (Å²) in [6.45, 7) is 0. The summed E-state index contributed by atoms with van der Waals surface area (Å²) in [4.78, 5) is 0. The van der Waals surface area contributed by atoms with Crippen LogP contribution < -0.4 is 0 Å². The van der Waals surface area contributed by atoms with E-state index in [2.05, 4.69) is 0 Å². The van der Waals surface area contributed by atoms with Crippen molar-refractivity contribution < 1.29 is 38.4 Å². The molecule has 0 fully saturated rings. The molecular formula is H7NiO4Sb-. The van der Waals surface area contributed by atoms with Crippen LogP contribution in [0.2, 0.25) is 0 Å². The van der Waals surface area contributed by atoms with Gasteiger partial charge in [-0.15, -0.1) is 0 Å². The van der Waals surface area contributed by atoms with Gasteiger partial charge < -0.3 is 21.9 Å². The summed E-state index contributed by atoms with van der Waals surface area (Å²) in [6.07, 6.45) is 0. The van der Waals surface area contributed by atoms with Gasteiger partial charge in [0.2, 0.25) is 0 Å². The largest absolute Gasteiger partial charge is 0.870 e. The van der Waals surface area contributed by atoms with Crippen LogP contribution in [0.3, 0.4) is 0 Å². The van der Waals surface area contributed by atoms with E-state index in [9.17, 15) is 0 Å². The van der Waals surface area contributed by atoms with Crippen molar-refractivity contribution >= 4 is 24.4 Å². The molecule has 0 unspecified atom stereocenters. The Labute approximate surface area is 62.9 Å². The van der Waals surface area contributed by atoms with Gasteiger partial charge in [0.25, 0.3) is 0 Å². The fourth-order valence-corrected chi connectivity index (χ4v) is 0. The Morgan fingerprint density at radius 1 is 0.667 bits per heavy atom. The predicted octanol–water partition coefficient (Wildman–Crippen LogP) is -3.03. The molecule has 0 aromatic rings. The van der Waals surface area contributed by atoms with Crippen LogP contribution in [0.5, 0.6) is 0 Å². The Morgan fingerprint density at radius 2 is 0.667 bits per heavy atom.